The molecule has 0 aliphatic carbocycles. The van der Waals surface area contributed by atoms with Gasteiger partial charge in [-0.25, -0.2) is 9.59 Å². The number of carbonyl (C=O) groups is 2. The first-order valence-corrected chi connectivity index (χ1v) is 12.3. The second-order valence-electron chi connectivity index (χ2n) is 8.48. The molecular formula is C28H26N6O8. The zero-order valence-electron chi connectivity index (χ0n) is 21.9. The molecule has 4 amide bonds. The molecule has 42 heavy (non-hydrogen) atoms. The Morgan fingerprint density at radius 3 is 1.67 bits per heavy atom. The number of hydrogen-bond acceptors (Lipinski definition) is 8. The summed E-state index contributed by atoms with van der Waals surface area (Å²) >= 11 is 0. The van der Waals surface area contributed by atoms with Gasteiger partial charge in [-0.3, -0.25) is 20.2 Å². The van der Waals surface area contributed by atoms with Crippen LogP contribution in [0, 0.1) is 20.2 Å². The van der Waals surface area contributed by atoms with Crippen LogP contribution in [0.4, 0.5) is 32.3 Å². The molecule has 0 radical (unpaired) electrons. The van der Waals surface area contributed by atoms with E-state index in [1.807, 2.05) is 60.7 Å². The van der Waals surface area contributed by atoms with E-state index < -0.39 is 33.3 Å². The number of nitrogens with zero attached hydrogens (tertiary/aromatic N) is 2. The fraction of sp³-hybridized carbons (Fsp3) is 0.0714. The van der Waals surface area contributed by atoms with E-state index in [1.165, 1.54) is 12.1 Å². The molecule has 0 aliphatic rings. The largest absolute Gasteiger partial charge is 0.506 e. The third-order valence-corrected chi connectivity index (χ3v) is 5.49. The number of non-ortho nitro benzene ring substituents is 1. The molecule has 4 aromatic rings. The second-order valence-corrected chi connectivity index (χ2v) is 8.48. The average molecular weight is 575 g/mol. The quantitative estimate of drug-likeness (QED) is 0.0928. The molecule has 0 fully saturated rings. The molecule has 0 atom stereocenters. The maximum Gasteiger partial charge on any atom is 0.319 e. The van der Waals surface area contributed by atoms with E-state index in [0.717, 1.165) is 35.4 Å². The molecule has 0 saturated heterocycles. The van der Waals surface area contributed by atoms with Crippen molar-refractivity contribution in [2.75, 3.05) is 10.6 Å². The molecule has 0 spiro atoms. The fourth-order valence-corrected chi connectivity index (χ4v) is 3.41. The lowest BCUT2D eigenvalue weighted by atomic mass is 10.2. The summed E-state index contributed by atoms with van der Waals surface area (Å²) in [6.45, 7) is 0.616. The van der Waals surface area contributed by atoms with E-state index in [0.29, 0.717) is 13.1 Å². The van der Waals surface area contributed by atoms with Gasteiger partial charge in [0.05, 0.1) is 21.2 Å². The van der Waals surface area contributed by atoms with Crippen LogP contribution in [0.2, 0.25) is 0 Å². The molecule has 0 aromatic heterocycles. The van der Waals surface area contributed by atoms with Gasteiger partial charge < -0.3 is 31.5 Å². The molecule has 14 nitrogen and oxygen atoms in total. The highest BCUT2D eigenvalue weighted by Crippen LogP contribution is 2.33. The van der Waals surface area contributed by atoms with E-state index in [1.54, 1.807) is 0 Å². The molecular weight excluding hydrogens is 548 g/mol. The van der Waals surface area contributed by atoms with Crippen molar-refractivity contribution >= 4 is 34.8 Å². The number of carbonyl (C=O) groups excluding carboxylic acids is 2. The number of phenols is 2. The van der Waals surface area contributed by atoms with Crippen LogP contribution in [0.5, 0.6) is 11.5 Å². The first kappa shape index (κ1) is 30.4. The SMILES string of the molecule is O=C(NCc1ccccc1)Nc1cc([N+](=O)[O-])ccc1O.O=C(NCc1ccccc1)Nc1cccc([N+](=O)[O-])c1O. The minimum atomic E-state index is -0.720. The first-order valence-electron chi connectivity index (χ1n) is 12.3. The van der Waals surface area contributed by atoms with E-state index in [9.17, 15) is 40.0 Å². The summed E-state index contributed by atoms with van der Waals surface area (Å²) in [6, 6.07) is 24.7. The molecule has 4 rings (SSSR count). The van der Waals surface area contributed by atoms with Crippen LogP contribution in [0.1, 0.15) is 11.1 Å². The highest BCUT2D eigenvalue weighted by molar-refractivity contribution is 5.92. The van der Waals surface area contributed by atoms with Gasteiger partial charge in [0, 0.05) is 31.3 Å². The van der Waals surface area contributed by atoms with Gasteiger partial charge in [0.25, 0.3) is 5.69 Å². The number of hydrogen-bond donors (Lipinski definition) is 6. The van der Waals surface area contributed by atoms with Gasteiger partial charge in [-0.1, -0.05) is 66.7 Å². The standard InChI is InChI=1S/2C14H13N3O4/c18-13-11(7-4-8-12(13)17(20)21)16-14(19)15-9-10-5-2-1-3-6-10;18-13-7-6-11(17(20)21)8-12(13)16-14(19)15-9-10-4-2-1-3-5-10/h2*1-8,18H,9H2,(H2,15,16,19). The average Bonchev–Trinajstić information content (AvgIpc) is 2.98. The predicted octanol–water partition coefficient (Wildman–Crippen LogP) is 5.24. The van der Waals surface area contributed by atoms with E-state index in [2.05, 4.69) is 21.3 Å². The number of para-hydroxylation sites is 1. The Hall–Kier alpha value is -6.18. The van der Waals surface area contributed by atoms with Gasteiger partial charge in [-0.05, 0) is 23.3 Å². The van der Waals surface area contributed by atoms with Gasteiger partial charge in [-0.15, -0.1) is 0 Å². The Kier molecular flexibility index (Phi) is 10.7. The molecule has 0 aliphatic heterocycles. The van der Waals surface area contributed by atoms with Crippen molar-refractivity contribution in [3.8, 4) is 11.5 Å². The molecule has 0 heterocycles. The summed E-state index contributed by atoms with van der Waals surface area (Å²) < 4.78 is 0. The Morgan fingerprint density at radius 1 is 0.643 bits per heavy atom. The van der Waals surface area contributed by atoms with E-state index >= 15 is 0 Å². The highest BCUT2D eigenvalue weighted by Gasteiger charge is 2.17. The Morgan fingerprint density at radius 2 is 1.17 bits per heavy atom. The van der Waals surface area contributed by atoms with Gasteiger partial charge >= 0.3 is 17.7 Å². The van der Waals surface area contributed by atoms with Crippen molar-refractivity contribution in [1.29, 1.82) is 0 Å². The lowest BCUT2D eigenvalue weighted by Gasteiger charge is -2.09. The smallest absolute Gasteiger partial charge is 0.319 e. The van der Waals surface area contributed by atoms with Crippen molar-refractivity contribution in [3.05, 3.63) is 128 Å². The molecule has 6 N–H and O–H groups in total. The third kappa shape index (κ3) is 9.23. The second kappa shape index (κ2) is 14.8. The minimum absolute atomic E-state index is 0.0187. The Bertz CT molecular complexity index is 1500. The number of phenolic OH excluding ortho intramolecular Hbond substituents is 2. The summed E-state index contributed by atoms with van der Waals surface area (Å²) in [4.78, 5) is 43.5. The topological polar surface area (TPSA) is 209 Å². The van der Waals surface area contributed by atoms with E-state index in [-0.39, 0.29) is 22.8 Å². The van der Waals surface area contributed by atoms with Crippen molar-refractivity contribution in [3.63, 3.8) is 0 Å². The number of anilines is 2. The summed E-state index contributed by atoms with van der Waals surface area (Å²) in [5.74, 6) is -0.812. The molecule has 14 heteroatoms. The summed E-state index contributed by atoms with van der Waals surface area (Å²) in [5.41, 5.74) is 1.11. The minimum Gasteiger partial charge on any atom is -0.506 e. The third-order valence-electron chi connectivity index (χ3n) is 5.49. The zero-order valence-corrected chi connectivity index (χ0v) is 21.9. The Balaban J connectivity index is 0.000000230. The molecule has 4 aromatic carbocycles. The van der Waals surface area contributed by atoms with Crippen LogP contribution in [0.25, 0.3) is 0 Å². The van der Waals surface area contributed by atoms with Crippen LogP contribution in [-0.2, 0) is 13.1 Å². The van der Waals surface area contributed by atoms with Crippen molar-refractivity contribution in [2.45, 2.75) is 13.1 Å². The summed E-state index contributed by atoms with van der Waals surface area (Å²) in [6.07, 6.45) is 0. The molecule has 0 unspecified atom stereocenters. The molecule has 216 valence electrons. The van der Waals surface area contributed by atoms with Crippen LogP contribution < -0.4 is 21.3 Å². The normalized spacial score (nSPS) is 9.90. The maximum atomic E-state index is 11.7. The van der Waals surface area contributed by atoms with Crippen LogP contribution in [0.15, 0.2) is 97.1 Å². The lowest BCUT2D eigenvalue weighted by Crippen LogP contribution is -2.28. The number of nitrogens with one attached hydrogen (secondary N) is 4. The van der Waals surface area contributed by atoms with Crippen molar-refractivity contribution in [2.24, 2.45) is 0 Å². The van der Waals surface area contributed by atoms with Crippen molar-refractivity contribution < 1.29 is 29.6 Å². The lowest BCUT2D eigenvalue weighted by molar-refractivity contribution is -0.385. The number of urea groups is 2. The maximum absolute atomic E-state index is 11.7. The molecule has 0 bridgehead atoms. The number of amides is 4. The van der Waals surface area contributed by atoms with Gasteiger partial charge in [0.1, 0.15) is 5.75 Å². The number of rotatable bonds is 8. The number of benzene rings is 4. The van der Waals surface area contributed by atoms with Crippen LogP contribution in [-0.4, -0.2) is 32.1 Å². The number of nitro benzene ring substituents is 2. The van der Waals surface area contributed by atoms with Gasteiger partial charge in [0.15, 0.2) is 0 Å². The highest BCUT2D eigenvalue weighted by atomic mass is 16.6. The number of aromatic hydroxyl groups is 2. The van der Waals surface area contributed by atoms with Crippen LogP contribution >= 0.6 is 0 Å². The monoisotopic (exact) mass is 574 g/mol. The van der Waals surface area contributed by atoms with Gasteiger partial charge in [-0.2, -0.15) is 0 Å². The fourth-order valence-electron chi connectivity index (χ4n) is 3.41. The zero-order chi connectivity index (χ0) is 30.5. The predicted molar refractivity (Wildman–Crippen MR) is 154 cm³/mol. The Labute approximate surface area is 238 Å². The van der Waals surface area contributed by atoms with Crippen LogP contribution in [0.3, 0.4) is 0 Å². The summed E-state index contributed by atoms with van der Waals surface area (Å²) in [7, 11) is 0. The molecule has 0 saturated carbocycles. The van der Waals surface area contributed by atoms with E-state index in [4.69, 9.17) is 0 Å². The van der Waals surface area contributed by atoms with Gasteiger partial charge in [0.2, 0.25) is 5.75 Å². The van der Waals surface area contributed by atoms with Crippen molar-refractivity contribution in [1.82, 2.24) is 10.6 Å². The first-order chi connectivity index (χ1) is 20.1. The summed E-state index contributed by atoms with van der Waals surface area (Å²) in [5, 5.41) is 50.6. The number of nitro groups is 2.